The molecule has 0 saturated heterocycles. The van der Waals surface area contributed by atoms with Gasteiger partial charge in [-0.3, -0.25) is 0 Å². The van der Waals surface area contributed by atoms with Gasteiger partial charge >= 0.3 is 0 Å². The number of anilines is 2. The minimum absolute atomic E-state index is 0.0270. The first-order valence-corrected chi connectivity index (χ1v) is 8.16. The van der Waals surface area contributed by atoms with Crippen molar-refractivity contribution in [1.82, 2.24) is 9.97 Å². The zero-order chi connectivity index (χ0) is 15.5. The van der Waals surface area contributed by atoms with E-state index in [4.69, 9.17) is 5.11 Å². The molecule has 0 fully saturated rings. The third-order valence-corrected chi connectivity index (χ3v) is 4.32. The lowest BCUT2D eigenvalue weighted by molar-refractivity contribution is 0.281. The molecule has 5 nitrogen and oxygen atoms in total. The van der Waals surface area contributed by atoms with Crippen LogP contribution in [0.4, 0.5) is 11.6 Å². The van der Waals surface area contributed by atoms with Gasteiger partial charge in [0.25, 0.3) is 0 Å². The Kier molecular flexibility index (Phi) is 4.59. The summed E-state index contributed by atoms with van der Waals surface area (Å²) in [6.45, 7) is 3.78. The van der Waals surface area contributed by atoms with Crippen molar-refractivity contribution in [3.63, 3.8) is 0 Å². The van der Waals surface area contributed by atoms with E-state index in [0.717, 1.165) is 35.6 Å². The molecule has 22 heavy (non-hydrogen) atoms. The predicted molar refractivity (Wildman–Crippen MR) is 91.1 cm³/mol. The number of aliphatic hydroxyl groups is 1. The predicted octanol–water partition coefficient (Wildman–Crippen LogP) is 2.59. The van der Waals surface area contributed by atoms with E-state index in [1.54, 1.807) is 6.33 Å². The summed E-state index contributed by atoms with van der Waals surface area (Å²) in [7, 11) is 0. The van der Waals surface area contributed by atoms with Gasteiger partial charge < -0.3 is 15.3 Å². The first-order chi connectivity index (χ1) is 10.7. The van der Waals surface area contributed by atoms with Crippen LogP contribution in [0.15, 0.2) is 35.1 Å². The number of hydrogen-bond acceptors (Lipinski definition) is 5. The average molecular weight is 363 g/mol. The summed E-state index contributed by atoms with van der Waals surface area (Å²) in [5.41, 5.74) is 2.73. The fourth-order valence-corrected chi connectivity index (χ4v) is 3.03. The van der Waals surface area contributed by atoms with E-state index >= 15 is 0 Å². The van der Waals surface area contributed by atoms with Crippen LogP contribution in [0.25, 0.3) is 0 Å². The minimum atomic E-state index is -0.0270. The van der Waals surface area contributed by atoms with Crippen LogP contribution < -0.4 is 10.2 Å². The molecule has 3 rings (SSSR count). The first-order valence-electron chi connectivity index (χ1n) is 7.37. The molecule has 0 unspecified atom stereocenters. The third kappa shape index (κ3) is 3.39. The lowest BCUT2D eigenvalue weighted by atomic mass is 10.00. The number of nitrogens with zero attached hydrogens (tertiary/aromatic N) is 3. The molecule has 0 aliphatic carbocycles. The molecule has 0 spiro atoms. The average Bonchev–Trinajstić information content (AvgIpc) is 2.54. The van der Waals surface area contributed by atoms with Crippen LogP contribution in [0, 0.1) is 0 Å². The minimum Gasteiger partial charge on any atom is -0.394 e. The summed E-state index contributed by atoms with van der Waals surface area (Å²) < 4.78 is 1.11. The Labute approximate surface area is 138 Å². The van der Waals surface area contributed by atoms with Crippen LogP contribution in [0.2, 0.25) is 0 Å². The molecule has 0 radical (unpaired) electrons. The fourth-order valence-electron chi connectivity index (χ4n) is 2.62. The molecule has 0 saturated carbocycles. The second-order valence-corrected chi connectivity index (χ2v) is 6.49. The molecule has 1 atom stereocenters. The van der Waals surface area contributed by atoms with E-state index in [-0.39, 0.29) is 12.6 Å². The van der Waals surface area contributed by atoms with Gasteiger partial charge in [-0.2, -0.15) is 0 Å². The van der Waals surface area contributed by atoms with Crippen LogP contribution in [0.5, 0.6) is 0 Å². The standard InChI is InChI=1S/C16H19BrN4O/c1-11(9-22)20-15-7-16(19-10-18-15)21-5-4-12-2-3-14(17)6-13(12)8-21/h2-3,6-7,10-11,22H,4-5,8-9H2,1H3,(H,18,19,20)/t11-/m1/s1. The van der Waals surface area contributed by atoms with Gasteiger partial charge in [0, 0.05) is 29.7 Å². The maximum atomic E-state index is 9.13. The van der Waals surface area contributed by atoms with Crippen molar-refractivity contribution in [1.29, 1.82) is 0 Å². The van der Waals surface area contributed by atoms with Gasteiger partial charge in [0.1, 0.15) is 18.0 Å². The summed E-state index contributed by atoms with van der Waals surface area (Å²) in [5, 5.41) is 12.3. The zero-order valence-corrected chi connectivity index (χ0v) is 14.0. The summed E-state index contributed by atoms with van der Waals surface area (Å²) in [6, 6.07) is 8.37. The molecular formula is C16H19BrN4O. The number of rotatable bonds is 4. The number of fused-ring (bicyclic) bond motifs is 1. The van der Waals surface area contributed by atoms with Crippen LogP contribution in [-0.4, -0.2) is 34.3 Å². The molecule has 2 N–H and O–H groups in total. The van der Waals surface area contributed by atoms with Gasteiger partial charge in [-0.25, -0.2) is 9.97 Å². The highest BCUT2D eigenvalue weighted by atomic mass is 79.9. The van der Waals surface area contributed by atoms with Crippen molar-refractivity contribution >= 4 is 27.6 Å². The van der Waals surface area contributed by atoms with Crippen LogP contribution >= 0.6 is 15.9 Å². The monoisotopic (exact) mass is 362 g/mol. The molecule has 1 aromatic heterocycles. The van der Waals surface area contributed by atoms with Crippen molar-refractivity contribution in [2.75, 3.05) is 23.4 Å². The Morgan fingerprint density at radius 3 is 3.00 bits per heavy atom. The molecular weight excluding hydrogens is 344 g/mol. The SMILES string of the molecule is C[C@H](CO)Nc1cc(N2CCc3ccc(Br)cc3C2)ncn1. The second-order valence-electron chi connectivity index (χ2n) is 5.57. The zero-order valence-electron chi connectivity index (χ0n) is 12.5. The molecule has 116 valence electrons. The van der Waals surface area contributed by atoms with Gasteiger partial charge in [0.2, 0.25) is 0 Å². The Balaban J connectivity index is 1.79. The highest BCUT2D eigenvalue weighted by molar-refractivity contribution is 9.10. The van der Waals surface area contributed by atoms with Crippen molar-refractivity contribution in [2.45, 2.75) is 25.9 Å². The van der Waals surface area contributed by atoms with E-state index in [1.807, 2.05) is 13.0 Å². The Hall–Kier alpha value is -1.66. The topological polar surface area (TPSA) is 61.3 Å². The normalized spacial score (nSPS) is 15.3. The molecule has 1 aromatic carbocycles. The molecule has 1 aliphatic rings. The molecule has 2 heterocycles. The number of nitrogens with one attached hydrogen (secondary N) is 1. The van der Waals surface area contributed by atoms with E-state index in [0.29, 0.717) is 0 Å². The summed E-state index contributed by atoms with van der Waals surface area (Å²) in [5.74, 6) is 1.65. The molecule has 1 aliphatic heterocycles. The maximum absolute atomic E-state index is 9.13. The summed E-state index contributed by atoms with van der Waals surface area (Å²) in [4.78, 5) is 10.9. The highest BCUT2D eigenvalue weighted by Gasteiger charge is 2.18. The van der Waals surface area contributed by atoms with Crippen molar-refractivity contribution in [3.8, 4) is 0 Å². The third-order valence-electron chi connectivity index (χ3n) is 3.83. The second kappa shape index (κ2) is 6.62. The van der Waals surface area contributed by atoms with Crippen molar-refractivity contribution < 1.29 is 5.11 Å². The van der Waals surface area contributed by atoms with Crippen molar-refractivity contribution in [2.24, 2.45) is 0 Å². The lowest BCUT2D eigenvalue weighted by Crippen LogP contribution is -2.31. The highest BCUT2D eigenvalue weighted by Crippen LogP contribution is 2.26. The fraction of sp³-hybridized carbons (Fsp3) is 0.375. The van der Waals surface area contributed by atoms with E-state index in [2.05, 4.69) is 54.3 Å². The van der Waals surface area contributed by atoms with Gasteiger partial charge in [-0.15, -0.1) is 0 Å². The summed E-state index contributed by atoms with van der Waals surface area (Å²) in [6.07, 6.45) is 2.58. The van der Waals surface area contributed by atoms with Crippen LogP contribution in [0.1, 0.15) is 18.1 Å². The van der Waals surface area contributed by atoms with Crippen molar-refractivity contribution in [3.05, 3.63) is 46.2 Å². The molecule has 6 heteroatoms. The van der Waals surface area contributed by atoms with E-state index < -0.39 is 0 Å². The number of aromatic nitrogens is 2. The number of aliphatic hydroxyl groups excluding tert-OH is 1. The first kappa shape index (κ1) is 15.2. The Morgan fingerprint density at radius 2 is 2.18 bits per heavy atom. The Bertz CT molecular complexity index is 664. The van der Waals surface area contributed by atoms with Crippen LogP contribution in [-0.2, 0) is 13.0 Å². The van der Waals surface area contributed by atoms with E-state index in [9.17, 15) is 0 Å². The van der Waals surface area contributed by atoms with E-state index in [1.165, 1.54) is 11.1 Å². The Morgan fingerprint density at radius 1 is 1.32 bits per heavy atom. The largest absolute Gasteiger partial charge is 0.394 e. The van der Waals surface area contributed by atoms with Gasteiger partial charge in [0.05, 0.1) is 6.61 Å². The number of benzene rings is 1. The number of halogens is 1. The van der Waals surface area contributed by atoms with Crippen LogP contribution in [0.3, 0.4) is 0 Å². The summed E-state index contributed by atoms with van der Waals surface area (Å²) >= 11 is 3.54. The molecule has 2 aromatic rings. The smallest absolute Gasteiger partial charge is 0.134 e. The van der Waals surface area contributed by atoms with Gasteiger partial charge in [-0.1, -0.05) is 22.0 Å². The lowest BCUT2D eigenvalue weighted by Gasteiger charge is -2.30. The quantitative estimate of drug-likeness (QED) is 0.875. The molecule has 0 amide bonds. The van der Waals surface area contributed by atoms with Gasteiger partial charge in [0.15, 0.2) is 0 Å². The number of hydrogen-bond donors (Lipinski definition) is 2. The molecule has 0 bridgehead atoms. The maximum Gasteiger partial charge on any atom is 0.134 e. The van der Waals surface area contributed by atoms with Gasteiger partial charge in [-0.05, 0) is 36.6 Å².